The molecule has 0 heterocycles. The smallest absolute Gasteiger partial charge is 0.305 e. The standard InChI is InChI=1S/C11H18N2O3S/c1-11(2,3)8(6-10(15)16)13-9(14)7-17-5-4-12/h8H,5-7H2,1-3H3,(H,13,14)(H,15,16). The number of carboxylic acids is 1. The number of carbonyl (C=O) groups excluding carboxylic acids is 1. The van der Waals surface area contributed by atoms with Gasteiger partial charge in [0.15, 0.2) is 0 Å². The Labute approximate surface area is 106 Å². The predicted molar refractivity (Wildman–Crippen MR) is 66.6 cm³/mol. The van der Waals surface area contributed by atoms with Crippen LogP contribution >= 0.6 is 11.8 Å². The predicted octanol–water partition coefficient (Wildman–Crippen LogP) is 1.25. The van der Waals surface area contributed by atoms with Gasteiger partial charge in [0.25, 0.3) is 0 Å². The zero-order valence-corrected chi connectivity index (χ0v) is 11.1. The number of nitrogens with zero attached hydrogens (tertiary/aromatic N) is 1. The Morgan fingerprint density at radius 1 is 1.47 bits per heavy atom. The lowest BCUT2D eigenvalue weighted by atomic mass is 9.85. The molecule has 0 aliphatic rings. The summed E-state index contributed by atoms with van der Waals surface area (Å²) in [6.45, 7) is 5.63. The number of thioether (sulfide) groups is 1. The van der Waals surface area contributed by atoms with Gasteiger partial charge in [-0.05, 0) is 5.41 Å². The highest BCUT2D eigenvalue weighted by molar-refractivity contribution is 8.00. The number of carbonyl (C=O) groups is 2. The first-order valence-corrected chi connectivity index (χ1v) is 6.38. The van der Waals surface area contributed by atoms with E-state index in [1.54, 1.807) is 0 Å². The molecular formula is C11H18N2O3S. The van der Waals surface area contributed by atoms with E-state index in [1.165, 1.54) is 11.8 Å². The van der Waals surface area contributed by atoms with Crippen LogP contribution in [0.1, 0.15) is 27.2 Å². The molecule has 0 spiro atoms. The fraction of sp³-hybridized carbons (Fsp3) is 0.727. The zero-order valence-electron chi connectivity index (χ0n) is 10.3. The molecule has 0 aliphatic heterocycles. The molecule has 0 aromatic rings. The van der Waals surface area contributed by atoms with Gasteiger partial charge in [-0.1, -0.05) is 20.8 Å². The Morgan fingerprint density at radius 3 is 2.47 bits per heavy atom. The van der Waals surface area contributed by atoms with Crippen LogP contribution in [0.3, 0.4) is 0 Å². The van der Waals surface area contributed by atoms with Crippen molar-refractivity contribution in [3.8, 4) is 6.07 Å². The maximum absolute atomic E-state index is 11.5. The van der Waals surface area contributed by atoms with Gasteiger partial charge >= 0.3 is 5.97 Å². The fourth-order valence-corrected chi connectivity index (χ4v) is 1.64. The number of hydrogen-bond donors (Lipinski definition) is 2. The number of nitriles is 1. The number of rotatable bonds is 6. The third-order valence-electron chi connectivity index (χ3n) is 2.16. The second-order valence-corrected chi connectivity index (χ2v) is 5.72. The number of nitrogens with one attached hydrogen (secondary N) is 1. The minimum atomic E-state index is -0.935. The molecule has 0 bridgehead atoms. The van der Waals surface area contributed by atoms with Crippen LogP contribution in [0.2, 0.25) is 0 Å². The summed E-state index contributed by atoms with van der Waals surface area (Å²) >= 11 is 1.21. The average Bonchev–Trinajstić information content (AvgIpc) is 2.15. The summed E-state index contributed by atoms with van der Waals surface area (Å²) in [6.07, 6.45) is -0.0991. The maximum Gasteiger partial charge on any atom is 0.305 e. The molecule has 0 rings (SSSR count). The molecule has 0 fully saturated rings. The summed E-state index contributed by atoms with van der Waals surface area (Å²) in [6, 6.07) is 1.52. The van der Waals surface area contributed by atoms with E-state index < -0.39 is 12.0 Å². The summed E-state index contributed by atoms with van der Waals surface area (Å²) in [7, 11) is 0. The van der Waals surface area contributed by atoms with E-state index in [9.17, 15) is 9.59 Å². The van der Waals surface area contributed by atoms with E-state index in [2.05, 4.69) is 5.32 Å². The first kappa shape index (κ1) is 15.8. The lowest BCUT2D eigenvalue weighted by molar-refractivity contribution is -0.138. The van der Waals surface area contributed by atoms with Crippen LogP contribution in [0.5, 0.6) is 0 Å². The van der Waals surface area contributed by atoms with Gasteiger partial charge in [-0.15, -0.1) is 11.8 Å². The van der Waals surface area contributed by atoms with Gasteiger partial charge in [-0.3, -0.25) is 9.59 Å². The van der Waals surface area contributed by atoms with E-state index in [0.29, 0.717) is 0 Å². The van der Waals surface area contributed by atoms with Crippen LogP contribution in [0, 0.1) is 16.7 Å². The van der Waals surface area contributed by atoms with Gasteiger partial charge < -0.3 is 10.4 Å². The number of amides is 1. The molecular weight excluding hydrogens is 240 g/mol. The molecule has 17 heavy (non-hydrogen) atoms. The van der Waals surface area contributed by atoms with Crippen molar-refractivity contribution in [1.82, 2.24) is 5.32 Å². The van der Waals surface area contributed by atoms with Gasteiger partial charge in [0.2, 0.25) is 5.91 Å². The minimum Gasteiger partial charge on any atom is -0.481 e. The molecule has 0 aromatic carbocycles. The molecule has 0 saturated heterocycles. The quantitative estimate of drug-likeness (QED) is 0.700. The third kappa shape index (κ3) is 7.64. The van der Waals surface area contributed by atoms with Crippen molar-refractivity contribution < 1.29 is 14.7 Å². The maximum atomic E-state index is 11.5. The van der Waals surface area contributed by atoms with E-state index in [-0.39, 0.29) is 29.2 Å². The van der Waals surface area contributed by atoms with E-state index in [4.69, 9.17) is 10.4 Å². The van der Waals surface area contributed by atoms with Gasteiger partial charge in [-0.25, -0.2) is 0 Å². The Kier molecular flexibility index (Phi) is 6.66. The van der Waals surface area contributed by atoms with Crippen LogP contribution in [0.15, 0.2) is 0 Å². The lowest BCUT2D eigenvalue weighted by Gasteiger charge is -2.30. The Hall–Kier alpha value is -1.22. The fourth-order valence-electron chi connectivity index (χ4n) is 1.17. The van der Waals surface area contributed by atoms with Gasteiger partial charge in [-0.2, -0.15) is 5.26 Å². The summed E-state index contributed by atoms with van der Waals surface area (Å²) in [5, 5.41) is 19.8. The molecule has 0 saturated carbocycles. The Morgan fingerprint density at radius 2 is 2.06 bits per heavy atom. The normalized spacial score (nSPS) is 12.6. The summed E-state index contributed by atoms with van der Waals surface area (Å²) in [5.74, 6) is -0.729. The lowest BCUT2D eigenvalue weighted by Crippen LogP contribution is -2.45. The number of aliphatic carboxylic acids is 1. The molecule has 96 valence electrons. The highest BCUT2D eigenvalue weighted by Crippen LogP contribution is 2.21. The first-order valence-electron chi connectivity index (χ1n) is 5.23. The van der Waals surface area contributed by atoms with Gasteiger partial charge in [0.05, 0.1) is 24.0 Å². The van der Waals surface area contributed by atoms with E-state index in [1.807, 2.05) is 26.8 Å². The van der Waals surface area contributed by atoms with E-state index >= 15 is 0 Å². The van der Waals surface area contributed by atoms with Crippen LogP contribution in [-0.2, 0) is 9.59 Å². The molecule has 1 amide bonds. The van der Waals surface area contributed by atoms with Crippen LogP contribution in [0.25, 0.3) is 0 Å². The first-order chi connectivity index (χ1) is 7.77. The van der Waals surface area contributed by atoms with Crippen molar-refractivity contribution in [1.29, 1.82) is 5.26 Å². The van der Waals surface area contributed by atoms with Crippen molar-refractivity contribution >= 4 is 23.6 Å². The summed E-state index contributed by atoms with van der Waals surface area (Å²) in [4.78, 5) is 22.2. The number of carboxylic acid groups (broad SMARTS) is 1. The van der Waals surface area contributed by atoms with Gasteiger partial charge in [0.1, 0.15) is 0 Å². The van der Waals surface area contributed by atoms with Crippen LogP contribution in [-0.4, -0.2) is 34.5 Å². The third-order valence-corrected chi connectivity index (χ3v) is 2.96. The molecule has 0 radical (unpaired) electrons. The molecule has 0 aromatic heterocycles. The summed E-state index contributed by atoms with van der Waals surface area (Å²) in [5.41, 5.74) is -0.312. The van der Waals surface area contributed by atoms with Crippen molar-refractivity contribution in [3.05, 3.63) is 0 Å². The van der Waals surface area contributed by atoms with Crippen LogP contribution < -0.4 is 5.32 Å². The molecule has 1 unspecified atom stereocenters. The number of hydrogen-bond acceptors (Lipinski definition) is 4. The largest absolute Gasteiger partial charge is 0.481 e. The molecule has 1 atom stereocenters. The van der Waals surface area contributed by atoms with Crippen molar-refractivity contribution in [3.63, 3.8) is 0 Å². The Bertz CT molecular complexity index is 318. The van der Waals surface area contributed by atoms with Crippen molar-refractivity contribution in [2.45, 2.75) is 33.2 Å². The molecule has 2 N–H and O–H groups in total. The summed E-state index contributed by atoms with van der Waals surface area (Å²) < 4.78 is 0. The highest BCUT2D eigenvalue weighted by Gasteiger charge is 2.28. The second-order valence-electron chi connectivity index (χ2n) is 4.73. The minimum absolute atomic E-state index is 0.0991. The average molecular weight is 258 g/mol. The Balaban J connectivity index is 4.30. The van der Waals surface area contributed by atoms with Crippen molar-refractivity contribution in [2.24, 2.45) is 5.41 Å². The van der Waals surface area contributed by atoms with Gasteiger partial charge in [0, 0.05) is 6.04 Å². The molecule has 5 nitrogen and oxygen atoms in total. The van der Waals surface area contributed by atoms with E-state index in [0.717, 1.165) is 0 Å². The topological polar surface area (TPSA) is 90.2 Å². The zero-order chi connectivity index (χ0) is 13.5. The monoisotopic (exact) mass is 258 g/mol. The van der Waals surface area contributed by atoms with Crippen LogP contribution in [0.4, 0.5) is 0 Å². The highest BCUT2D eigenvalue weighted by atomic mass is 32.2. The SMILES string of the molecule is CC(C)(C)C(CC(=O)O)NC(=O)CSCC#N. The van der Waals surface area contributed by atoms with Crippen molar-refractivity contribution in [2.75, 3.05) is 11.5 Å². The molecule has 6 heteroatoms. The molecule has 0 aliphatic carbocycles. The second kappa shape index (κ2) is 7.17.